The van der Waals surface area contributed by atoms with Crippen LogP contribution in [0.25, 0.3) is 0 Å². The Kier molecular flexibility index (Phi) is 12.4. The van der Waals surface area contributed by atoms with E-state index in [1.807, 2.05) is 0 Å². The van der Waals surface area contributed by atoms with Crippen LogP contribution in [0.15, 0.2) is 11.6 Å². The Labute approximate surface area is 358 Å². The highest BCUT2D eigenvalue weighted by atomic mass is 16.8. The molecule has 0 radical (unpaired) electrons. The maximum atomic E-state index is 12.0. The molecule has 16 nitrogen and oxygen atoms in total. The summed E-state index contributed by atoms with van der Waals surface area (Å²) >= 11 is 0. The predicted octanol–water partition coefficient (Wildman–Crippen LogP) is 1.24. The molecular formula is C45H72O16. The van der Waals surface area contributed by atoms with Crippen LogP contribution < -0.4 is 0 Å². The van der Waals surface area contributed by atoms with Gasteiger partial charge in [-0.15, -0.1) is 0 Å². The van der Waals surface area contributed by atoms with Crippen molar-refractivity contribution < 1.29 is 78.7 Å². The van der Waals surface area contributed by atoms with Crippen molar-refractivity contribution in [2.45, 2.75) is 209 Å². The first-order valence-electron chi connectivity index (χ1n) is 23.2. The topological polar surface area (TPSA) is 236 Å². The lowest BCUT2D eigenvalue weighted by Crippen LogP contribution is -2.66. The van der Waals surface area contributed by atoms with Crippen molar-refractivity contribution in [1.29, 1.82) is 0 Å². The molecule has 26 atom stereocenters. The molecule has 5 heterocycles. The predicted molar refractivity (Wildman–Crippen MR) is 213 cm³/mol. The van der Waals surface area contributed by atoms with Gasteiger partial charge in [0, 0.05) is 12.3 Å². The van der Waals surface area contributed by atoms with Crippen molar-refractivity contribution >= 4 is 0 Å². The lowest BCUT2D eigenvalue weighted by molar-refractivity contribution is -0.388. The maximum absolute atomic E-state index is 12.0. The molecule has 8 N–H and O–H groups in total. The molecule has 0 unspecified atom stereocenters. The smallest absolute Gasteiger partial charge is 0.187 e. The van der Waals surface area contributed by atoms with E-state index in [2.05, 4.69) is 33.8 Å². The zero-order valence-corrected chi connectivity index (χ0v) is 36.5. The molecule has 16 heteroatoms. The number of ether oxygens (including phenoxy) is 8. The highest BCUT2D eigenvalue weighted by molar-refractivity contribution is 5.26. The number of aliphatic hydroxyl groups is 8. The molecular weight excluding hydrogens is 796 g/mol. The molecule has 0 aromatic rings. The van der Waals surface area contributed by atoms with Crippen molar-refractivity contribution in [3.05, 3.63) is 11.6 Å². The largest absolute Gasteiger partial charge is 0.394 e. The zero-order valence-electron chi connectivity index (χ0n) is 36.5. The van der Waals surface area contributed by atoms with Crippen molar-refractivity contribution in [3.63, 3.8) is 0 Å². The third-order valence-corrected chi connectivity index (χ3v) is 17.6. The van der Waals surface area contributed by atoms with Gasteiger partial charge in [0.2, 0.25) is 0 Å². The highest BCUT2D eigenvalue weighted by Crippen LogP contribution is 2.70. The molecule has 0 amide bonds. The van der Waals surface area contributed by atoms with Gasteiger partial charge in [-0.25, -0.2) is 0 Å². The van der Waals surface area contributed by atoms with Gasteiger partial charge in [-0.2, -0.15) is 0 Å². The molecule has 0 aromatic carbocycles. The molecule has 5 aliphatic heterocycles. The van der Waals surface area contributed by atoms with Crippen LogP contribution in [0, 0.1) is 46.3 Å². The summed E-state index contributed by atoms with van der Waals surface area (Å²) in [5.41, 5.74) is 1.53. The van der Waals surface area contributed by atoms with E-state index in [0.29, 0.717) is 48.3 Å². The minimum absolute atomic E-state index is 0.0171. The zero-order chi connectivity index (χ0) is 43.5. The van der Waals surface area contributed by atoms with Gasteiger partial charge in [0.15, 0.2) is 24.7 Å². The Hall–Kier alpha value is -0.900. The average molecular weight is 869 g/mol. The van der Waals surface area contributed by atoms with Crippen molar-refractivity contribution in [1.82, 2.24) is 0 Å². The molecule has 1 spiro atoms. The Morgan fingerprint density at radius 1 is 0.689 bits per heavy atom. The van der Waals surface area contributed by atoms with Crippen LogP contribution in [0.1, 0.15) is 99.3 Å². The summed E-state index contributed by atoms with van der Waals surface area (Å²) in [4.78, 5) is 0. The summed E-state index contributed by atoms with van der Waals surface area (Å²) in [6, 6.07) is 0. The van der Waals surface area contributed by atoms with Gasteiger partial charge in [0.1, 0.15) is 61.0 Å². The van der Waals surface area contributed by atoms with Gasteiger partial charge in [-0.1, -0.05) is 39.3 Å². The fraction of sp³-hybridized carbons (Fsp3) is 0.956. The van der Waals surface area contributed by atoms with Crippen LogP contribution in [0.5, 0.6) is 0 Å². The van der Waals surface area contributed by atoms with Crippen molar-refractivity contribution in [2.24, 2.45) is 46.3 Å². The van der Waals surface area contributed by atoms with Gasteiger partial charge in [0.05, 0.1) is 37.6 Å². The quantitative estimate of drug-likeness (QED) is 0.168. The lowest BCUT2D eigenvalue weighted by atomic mass is 9.47. The summed E-state index contributed by atoms with van der Waals surface area (Å²) in [5.74, 6) is 2.64. The van der Waals surface area contributed by atoms with Gasteiger partial charge < -0.3 is 78.7 Å². The Balaban J connectivity index is 0.916. The van der Waals surface area contributed by atoms with Crippen LogP contribution >= 0.6 is 0 Å². The average Bonchev–Trinajstić information content (AvgIpc) is 3.69. The second kappa shape index (κ2) is 16.8. The van der Waals surface area contributed by atoms with Gasteiger partial charge in [-0.05, 0) is 106 Å². The number of hydrogen-bond donors (Lipinski definition) is 8. The van der Waals surface area contributed by atoms with Crippen LogP contribution in [0.4, 0.5) is 0 Å². The van der Waals surface area contributed by atoms with E-state index >= 15 is 0 Å². The highest BCUT2D eigenvalue weighted by Gasteiger charge is 2.69. The molecule has 9 aliphatic rings. The number of hydrogen-bond acceptors (Lipinski definition) is 16. The van der Waals surface area contributed by atoms with Gasteiger partial charge in [0.25, 0.3) is 0 Å². The van der Waals surface area contributed by atoms with Crippen LogP contribution in [-0.4, -0.2) is 164 Å². The molecule has 4 aliphatic carbocycles. The third-order valence-electron chi connectivity index (χ3n) is 17.6. The van der Waals surface area contributed by atoms with E-state index in [0.717, 1.165) is 45.1 Å². The first kappa shape index (κ1) is 45.3. The summed E-state index contributed by atoms with van der Waals surface area (Å²) in [6.07, 6.45) is -10.4. The number of aliphatic hydroxyl groups excluding tert-OH is 8. The fourth-order valence-corrected chi connectivity index (χ4v) is 14.0. The van der Waals surface area contributed by atoms with Gasteiger partial charge in [-0.3, -0.25) is 0 Å². The number of rotatable bonds is 7. The monoisotopic (exact) mass is 868 g/mol. The van der Waals surface area contributed by atoms with E-state index in [9.17, 15) is 40.9 Å². The SMILES string of the molecule is C[C@@H]1CC[C@]2(OC1)O[C@H]1C[C@@H]3[C@@H]4CC=C5C[C@@H](O[C@@H]6O[C@H](CO)[C@@H](O[C@@H]7O[C@@H](C)[C@H](O)[C@@H](O)[C@H]7O)[C@H](O)[C@H]6O[C@@H]6O[C@@H](C)[C@H](O)[C@@H](O)[C@H]6O)CC[C@]5(C)[C@@H]4CC[C@]3(C)[C@H]1[C@@H]2C. The summed E-state index contributed by atoms with van der Waals surface area (Å²) < 4.78 is 50.1. The van der Waals surface area contributed by atoms with E-state index in [1.165, 1.54) is 25.8 Å². The van der Waals surface area contributed by atoms with Gasteiger partial charge >= 0.3 is 0 Å². The molecule has 3 saturated carbocycles. The van der Waals surface area contributed by atoms with E-state index in [4.69, 9.17) is 37.9 Å². The maximum Gasteiger partial charge on any atom is 0.187 e. The first-order valence-corrected chi connectivity index (χ1v) is 23.2. The van der Waals surface area contributed by atoms with E-state index in [-0.39, 0.29) is 23.0 Å². The van der Waals surface area contributed by atoms with E-state index < -0.39 is 105 Å². The molecule has 0 aromatic heterocycles. The Morgan fingerprint density at radius 3 is 1.97 bits per heavy atom. The summed E-state index contributed by atoms with van der Waals surface area (Å²) in [6.45, 7) is 12.7. The third kappa shape index (κ3) is 7.42. The van der Waals surface area contributed by atoms with Crippen molar-refractivity contribution in [2.75, 3.05) is 13.2 Å². The Bertz CT molecular complexity index is 1590. The normalized spacial score (nSPS) is 58.4. The molecule has 8 fully saturated rings. The Morgan fingerprint density at radius 2 is 1.34 bits per heavy atom. The molecule has 348 valence electrons. The molecule has 5 saturated heterocycles. The van der Waals surface area contributed by atoms with Crippen molar-refractivity contribution in [3.8, 4) is 0 Å². The van der Waals surface area contributed by atoms with Crippen LogP contribution in [0.3, 0.4) is 0 Å². The molecule has 61 heavy (non-hydrogen) atoms. The standard InChI is InChI=1S/C45H72O16/c1-19-9-14-45(54-18-19)20(2)30-28(61-45)16-27-25-8-7-23-15-24(10-12-43(23,5)26(25)11-13-44(27,30)6)57-42-39(60-41-36(52)34(50)32(48)22(4)56-41)37(53)38(29(17-46)58-42)59-40-35(51)33(49)31(47)21(3)55-40/h7,19-22,24-42,46-53H,8-18H2,1-6H3/t19-,20+,21+,22+,24+,25-,26-,27-,28+,29-,30+,31+,32+,33-,34-,35-,36-,37+,38-,39-,40+,41+,42-,43+,44+,45+/m1/s1. The second-order valence-electron chi connectivity index (χ2n) is 21.1. The summed E-state index contributed by atoms with van der Waals surface area (Å²) in [5, 5.41) is 85.9. The first-order chi connectivity index (χ1) is 28.9. The minimum atomic E-state index is -1.71. The van der Waals surface area contributed by atoms with Crippen LogP contribution in [-0.2, 0) is 37.9 Å². The van der Waals surface area contributed by atoms with Crippen LogP contribution in [0.2, 0.25) is 0 Å². The summed E-state index contributed by atoms with van der Waals surface area (Å²) in [7, 11) is 0. The number of fused-ring (bicyclic) bond motifs is 7. The lowest BCUT2D eigenvalue weighted by Gasteiger charge is -2.58. The second-order valence-corrected chi connectivity index (χ2v) is 21.1. The fourth-order valence-electron chi connectivity index (χ4n) is 14.0. The minimum Gasteiger partial charge on any atom is -0.394 e. The molecule has 0 bridgehead atoms. The van der Waals surface area contributed by atoms with E-state index in [1.54, 1.807) is 0 Å². The number of allylic oxidation sites excluding steroid dienone is 1. The molecule has 9 rings (SSSR count).